The lowest BCUT2D eigenvalue weighted by molar-refractivity contribution is -0.124. The maximum absolute atomic E-state index is 14.2. The highest BCUT2D eigenvalue weighted by Gasteiger charge is 2.29. The minimum atomic E-state index is -0.705. The zero-order valence-electron chi connectivity index (χ0n) is 12.5. The molecule has 1 aromatic carbocycles. The number of hydrogen-bond donors (Lipinski definition) is 1. The van der Waals surface area contributed by atoms with Gasteiger partial charge in [0.25, 0.3) is 0 Å². The molecule has 1 aromatic heterocycles. The van der Waals surface area contributed by atoms with Crippen molar-refractivity contribution < 1.29 is 13.6 Å². The van der Waals surface area contributed by atoms with E-state index >= 15 is 0 Å². The van der Waals surface area contributed by atoms with Gasteiger partial charge < -0.3 is 9.73 Å². The van der Waals surface area contributed by atoms with Gasteiger partial charge >= 0.3 is 5.76 Å². The molecule has 0 aliphatic carbocycles. The molecule has 0 spiro atoms. The number of piperidine rings is 1. The maximum Gasteiger partial charge on any atom is 0.420 e. The van der Waals surface area contributed by atoms with Gasteiger partial charge in [0.1, 0.15) is 11.9 Å². The SMILES string of the molecule is C=C1CCC(n2c(=O)oc3cc(C(C)C)c(F)cc32)C(=O)N1. The molecule has 0 radical (unpaired) electrons. The van der Waals surface area contributed by atoms with E-state index in [2.05, 4.69) is 11.9 Å². The Labute approximate surface area is 126 Å². The van der Waals surface area contributed by atoms with Crippen molar-refractivity contribution in [3.63, 3.8) is 0 Å². The van der Waals surface area contributed by atoms with Gasteiger partial charge in [0.15, 0.2) is 5.58 Å². The summed E-state index contributed by atoms with van der Waals surface area (Å²) in [5, 5.41) is 2.63. The zero-order valence-corrected chi connectivity index (χ0v) is 12.5. The number of rotatable bonds is 2. The number of allylic oxidation sites excluding steroid dienone is 1. The number of oxazole rings is 1. The number of hydrogen-bond acceptors (Lipinski definition) is 3. The molecule has 1 N–H and O–H groups in total. The molecule has 2 aromatic rings. The molecule has 5 nitrogen and oxygen atoms in total. The predicted octanol–water partition coefficient (Wildman–Crippen LogP) is 2.82. The largest absolute Gasteiger partial charge is 0.420 e. The molecular formula is C16H17FN2O3. The van der Waals surface area contributed by atoms with Crippen LogP contribution in [0.4, 0.5) is 4.39 Å². The van der Waals surface area contributed by atoms with Crippen LogP contribution in [0.2, 0.25) is 0 Å². The van der Waals surface area contributed by atoms with Gasteiger partial charge in [-0.25, -0.2) is 9.18 Å². The molecule has 6 heteroatoms. The van der Waals surface area contributed by atoms with E-state index in [1.807, 2.05) is 13.8 Å². The zero-order chi connectivity index (χ0) is 16.0. The first-order valence-corrected chi connectivity index (χ1v) is 7.21. The van der Waals surface area contributed by atoms with Crippen LogP contribution < -0.4 is 11.1 Å². The van der Waals surface area contributed by atoms with Gasteiger partial charge in [0.05, 0.1) is 5.52 Å². The highest BCUT2D eigenvalue weighted by Crippen LogP contribution is 2.28. The summed E-state index contributed by atoms with van der Waals surface area (Å²) in [6, 6.07) is 2.10. The van der Waals surface area contributed by atoms with Gasteiger partial charge in [-0.1, -0.05) is 20.4 Å². The van der Waals surface area contributed by atoms with Gasteiger partial charge in [-0.15, -0.1) is 0 Å². The molecule has 1 atom stereocenters. The summed E-state index contributed by atoms with van der Waals surface area (Å²) in [7, 11) is 0. The molecule has 1 fully saturated rings. The van der Waals surface area contributed by atoms with Crippen LogP contribution in [0.25, 0.3) is 11.1 Å². The van der Waals surface area contributed by atoms with Gasteiger partial charge in [0.2, 0.25) is 5.91 Å². The molecule has 116 valence electrons. The van der Waals surface area contributed by atoms with Crippen LogP contribution in [-0.4, -0.2) is 10.5 Å². The second-order valence-corrected chi connectivity index (χ2v) is 5.88. The number of fused-ring (bicyclic) bond motifs is 1. The average Bonchev–Trinajstić information content (AvgIpc) is 2.73. The number of carbonyl (C=O) groups is 1. The third-order valence-corrected chi connectivity index (χ3v) is 3.99. The number of benzene rings is 1. The standard InChI is InChI=1S/C16H17FN2O3/c1-8(2)10-6-14-13(7-11(10)17)19(16(21)22-14)12-5-4-9(3)18-15(12)20/h6-8,12H,3-5H2,1-2H3,(H,18,20). The minimum Gasteiger partial charge on any atom is -0.408 e. The second kappa shape index (κ2) is 5.12. The van der Waals surface area contributed by atoms with Crippen molar-refractivity contribution >= 4 is 17.0 Å². The summed E-state index contributed by atoms with van der Waals surface area (Å²) in [4.78, 5) is 24.2. The highest BCUT2D eigenvalue weighted by atomic mass is 19.1. The van der Waals surface area contributed by atoms with Crippen LogP contribution in [0, 0.1) is 5.82 Å². The lowest BCUT2D eigenvalue weighted by Gasteiger charge is -2.23. The summed E-state index contributed by atoms with van der Waals surface area (Å²) in [5.74, 6) is -1.41. The Morgan fingerprint density at radius 3 is 2.77 bits per heavy atom. The quantitative estimate of drug-likeness (QED) is 0.928. The molecule has 0 saturated carbocycles. The van der Waals surface area contributed by atoms with Gasteiger partial charge in [-0.2, -0.15) is 0 Å². The van der Waals surface area contributed by atoms with E-state index in [0.717, 1.165) is 0 Å². The Balaban J connectivity index is 2.16. The van der Waals surface area contributed by atoms with Crippen molar-refractivity contribution in [3.8, 4) is 0 Å². The summed E-state index contributed by atoms with van der Waals surface area (Å²) in [6.07, 6.45) is 1.01. The summed E-state index contributed by atoms with van der Waals surface area (Å²) in [6.45, 7) is 7.43. The number of halogens is 1. The van der Waals surface area contributed by atoms with Crippen LogP contribution in [0.3, 0.4) is 0 Å². The topological polar surface area (TPSA) is 64.2 Å². The van der Waals surface area contributed by atoms with Gasteiger partial charge in [-0.3, -0.25) is 9.36 Å². The van der Waals surface area contributed by atoms with E-state index in [1.165, 1.54) is 16.7 Å². The molecule has 1 unspecified atom stereocenters. The number of aromatic nitrogens is 1. The molecule has 2 heterocycles. The number of nitrogens with one attached hydrogen (secondary N) is 1. The molecule has 22 heavy (non-hydrogen) atoms. The minimum absolute atomic E-state index is 0.0284. The van der Waals surface area contributed by atoms with E-state index in [4.69, 9.17) is 4.42 Å². The first-order valence-electron chi connectivity index (χ1n) is 7.21. The number of carbonyl (C=O) groups excluding carboxylic acids is 1. The van der Waals surface area contributed by atoms with Crippen molar-refractivity contribution in [1.29, 1.82) is 0 Å². The molecule has 3 rings (SSSR count). The van der Waals surface area contributed by atoms with E-state index < -0.39 is 17.6 Å². The monoisotopic (exact) mass is 304 g/mol. The first-order chi connectivity index (χ1) is 10.4. The molecule has 1 aliphatic rings. The lowest BCUT2D eigenvalue weighted by atomic mass is 10.0. The fourth-order valence-electron chi connectivity index (χ4n) is 2.82. The van der Waals surface area contributed by atoms with Gasteiger partial charge in [0, 0.05) is 11.8 Å². The highest BCUT2D eigenvalue weighted by molar-refractivity contribution is 5.85. The van der Waals surface area contributed by atoms with Gasteiger partial charge in [-0.05, 0) is 30.4 Å². The Kier molecular flexibility index (Phi) is 3.39. The molecule has 1 saturated heterocycles. The van der Waals surface area contributed by atoms with Crippen LogP contribution in [0.1, 0.15) is 44.2 Å². The van der Waals surface area contributed by atoms with Crippen molar-refractivity contribution in [3.05, 3.63) is 46.3 Å². The van der Waals surface area contributed by atoms with Crippen LogP contribution >= 0.6 is 0 Å². The Morgan fingerprint density at radius 2 is 2.14 bits per heavy atom. The Bertz CT molecular complexity index is 832. The summed E-state index contributed by atoms with van der Waals surface area (Å²) in [5.41, 5.74) is 1.71. The third-order valence-electron chi connectivity index (χ3n) is 3.99. The molecule has 1 aliphatic heterocycles. The fraction of sp³-hybridized carbons (Fsp3) is 0.375. The fourth-order valence-corrected chi connectivity index (χ4v) is 2.82. The smallest absolute Gasteiger partial charge is 0.408 e. The average molecular weight is 304 g/mol. The van der Waals surface area contributed by atoms with E-state index in [9.17, 15) is 14.0 Å². The van der Waals surface area contributed by atoms with Crippen molar-refractivity contribution in [2.75, 3.05) is 0 Å². The van der Waals surface area contributed by atoms with E-state index in [1.54, 1.807) is 0 Å². The lowest BCUT2D eigenvalue weighted by Crippen LogP contribution is -2.39. The molecule has 1 amide bonds. The van der Waals surface area contributed by atoms with Crippen molar-refractivity contribution in [1.82, 2.24) is 9.88 Å². The van der Waals surface area contributed by atoms with E-state index in [-0.39, 0.29) is 11.8 Å². The normalized spacial score (nSPS) is 19.0. The second-order valence-electron chi connectivity index (χ2n) is 5.88. The first kappa shape index (κ1) is 14.6. The maximum atomic E-state index is 14.2. The van der Waals surface area contributed by atoms with Crippen LogP contribution in [-0.2, 0) is 4.79 Å². The predicted molar refractivity (Wildman–Crippen MR) is 80.1 cm³/mol. The van der Waals surface area contributed by atoms with E-state index in [0.29, 0.717) is 35.2 Å². The van der Waals surface area contributed by atoms with Crippen LogP contribution in [0.5, 0.6) is 0 Å². The van der Waals surface area contributed by atoms with Crippen molar-refractivity contribution in [2.24, 2.45) is 0 Å². The number of amides is 1. The Morgan fingerprint density at radius 1 is 1.41 bits per heavy atom. The van der Waals surface area contributed by atoms with Crippen molar-refractivity contribution in [2.45, 2.75) is 38.6 Å². The summed E-state index contributed by atoms with van der Waals surface area (Å²) < 4.78 is 20.7. The Hall–Kier alpha value is -2.37. The molecular weight excluding hydrogens is 287 g/mol. The van der Waals surface area contributed by atoms with Crippen LogP contribution in [0.15, 0.2) is 33.6 Å². The summed E-state index contributed by atoms with van der Waals surface area (Å²) >= 11 is 0. The molecule has 0 bridgehead atoms. The number of nitrogens with zero attached hydrogens (tertiary/aromatic N) is 1. The third kappa shape index (κ3) is 2.24.